The normalized spacial score (nSPS) is 24.7. The summed E-state index contributed by atoms with van der Waals surface area (Å²) in [5, 5.41) is 0. The van der Waals surface area contributed by atoms with Crippen LogP contribution in [0.15, 0.2) is 23.0 Å². The number of aromatic amines is 1. The summed E-state index contributed by atoms with van der Waals surface area (Å²) in [5.74, 6) is 0.309. The molecular formula is C11H13N3O. The van der Waals surface area contributed by atoms with Gasteiger partial charge in [-0.15, -0.1) is 0 Å². The number of nitrogens with two attached hydrogens (primary N) is 1. The number of hydrogen-bond acceptors (Lipinski definition) is 2. The van der Waals surface area contributed by atoms with Crippen LogP contribution in [0.25, 0.3) is 11.0 Å². The van der Waals surface area contributed by atoms with Crippen LogP contribution in [0.4, 0.5) is 0 Å². The van der Waals surface area contributed by atoms with E-state index in [2.05, 4.69) is 18.0 Å². The minimum atomic E-state index is -0.0557. The van der Waals surface area contributed by atoms with Crippen LogP contribution in [-0.4, -0.2) is 15.6 Å². The van der Waals surface area contributed by atoms with Crippen molar-refractivity contribution in [2.24, 2.45) is 5.73 Å². The number of hydrogen-bond donors (Lipinski definition) is 2. The van der Waals surface area contributed by atoms with Gasteiger partial charge >= 0.3 is 5.69 Å². The predicted octanol–water partition coefficient (Wildman–Crippen LogP) is 0.774. The van der Waals surface area contributed by atoms with Crippen LogP contribution in [0.2, 0.25) is 0 Å². The third kappa shape index (κ3) is 1.02. The fourth-order valence-electron chi connectivity index (χ4n) is 2.39. The van der Waals surface area contributed by atoms with E-state index in [1.807, 2.05) is 12.1 Å². The molecule has 1 aliphatic rings. The van der Waals surface area contributed by atoms with Gasteiger partial charge in [0.1, 0.15) is 0 Å². The first-order valence-electron chi connectivity index (χ1n) is 5.15. The average molecular weight is 203 g/mol. The minimum Gasteiger partial charge on any atom is -0.326 e. The summed E-state index contributed by atoms with van der Waals surface area (Å²) in [6.07, 6.45) is 0. The Labute approximate surface area is 86.7 Å². The lowest BCUT2D eigenvalue weighted by Crippen LogP contribution is -2.38. The van der Waals surface area contributed by atoms with Crippen LogP contribution in [-0.2, 0) is 6.54 Å². The van der Waals surface area contributed by atoms with Gasteiger partial charge in [-0.1, -0.05) is 19.1 Å². The molecule has 2 heterocycles. The summed E-state index contributed by atoms with van der Waals surface area (Å²) in [4.78, 5) is 14.5. The molecule has 4 nitrogen and oxygen atoms in total. The average Bonchev–Trinajstić information content (AvgIpc) is 2.53. The van der Waals surface area contributed by atoms with Gasteiger partial charge in [0.25, 0.3) is 0 Å². The van der Waals surface area contributed by atoms with Crippen LogP contribution in [0.1, 0.15) is 18.4 Å². The van der Waals surface area contributed by atoms with Gasteiger partial charge in [0.15, 0.2) is 0 Å². The molecule has 2 atom stereocenters. The van der Waals surface area contributed by atoms with Gasteiger partial charge in [-0.25, -0.2) is 4.79 Å². The van der Waals surface area contributed by atoms with Gasteiger partial charge in [-0.2, -0.15) is 0 Å². The maximum absolute atomic E-state index is 11.7. The van der Waals surface area contributed by atoms with E-state index in [1.165, 1.54) is 5.56 Å². The monoisotopic (exact) mass is 203 g/mol. The summed E-state index contributed by atoms with van der Waals surface area (Å²) >= 11 is 0. The van der Waals surface area contributed by atoms with Crippen molar-refractivity contribution in [2.75, 3.05) is 0 Å². The molecule has 0 fully saturated rings. The topological polar surface area (TPSA) is 63.8 Å². The van der Waals surface area contributed by atoms with Crippen molar-refractivity contribution < 1.29 is 0 Å². The molecule has 1 aromatic carbocycles. The van der Waals surface area contributed by atoms with Crippen LogP contribution < -0.4 is 11.4 Å². The number of nitrogens with one attached hydrogen (secondary N) is 1. The SMILES string of the molecule is CC1c2cccc3[nH]c(=O)n(c23)CC1N. The fourth-order valence-corrected chi connectivity index (χ4v) is 2.39. The van der Waals surface area contributed by atoms with E-state index < -0.39 is 0 Å². The van der Waals surface area contributed by atoms with Crippen molar-refractivity contribution in [1.29, 1.82) is 0 Å². The molecule has 78 valence electrons. The van der Waals surface area contributed by atoms with Gasteiger partial charge in [0.2, 0.25) is 0 Å². The molecule has 1 aromatic heterocycles. The first-order valence-corrected chi connectivity index (χ1v) is 5.15. The molecule has 3 N–H and O–H groups in total. The van der Waals surface area contributed by atoms with Crippen LogP contribution in [0, 0.1) is 0 Å². The maximum atomic E-state index is 11.7. The number of H-pyrrole nitrogens is 1. The first kappa shape index (κ1) is 8.73. The van der Waals surface area contributed by atoms with Crippen molar-refractivity contribution in [1.82, 2.24) is 9.55 Å². The van der Waals surface area contributed by atoms with E-state index in [0.717, 1.165) is 11.0 Å². The summed E-state index contributed by atoms with van der Waals surface area (Å²) in [6, 6.07) is 5.97. The first-order chi connectivity index (χ1) is 7.18. The lowest BCUT2D eigenvalue weighted by Gasteiger charge is -2.26. The molecule has 3 rings (SSSR count). The van der Waals surface area contributed by atoms with E-state index in [0.29, 0.717) is 12.5 Å². The van der Waals surface area contributed by atoms with E-state index in [-0.39, 0.29) is 11.7 Å². The zero-order chi connectivity index (χ0) is 10.6. The lowest BCUT2D eigenvalue weighted by atomic mass is 9.90. The van der Waals surface area contributed by atoms with E-state index >= 15 is 0 Å². The zero-order valence-corrected chi connectivity index (χ0v) is 8.53. The predicted molar refractivity (Wildman–Crippen MR) is 58.9 cm³/mol. The number of imidazole rings is 1. The third-order valence-electron chi connectivity index (χ3n) is 3.35. The Morgan fingerprint density at radius 3 is 3.13 bits per heavy atom. The molecule has 2 aromatic rings. The molecule has 0 saturated carbocycles. The molecule has 0 aliphatic carbocycles. The second-order valence-electron chi connectivity index (χ2n) is 4.24. The second kappa shape index (κ2) is 2.73. The summed E-state index contributed by atoms with van der Waals surface area (Å²) in [5.41, 5.74) is 9.08. The smallest absolute Gasteiger partial charge is 0.326 e. The largest absolute Gasteiger partial charge is 0.326 e. The van der Waals surface area contributed by atoms with Crippen LogP contribution >= 0.6 is 0 Å². The Morgan fingerprint density at radius 1 is 1.53 bits per heavy atom. The molecule has 15 heavy (non-hydrogen) atoms. The maximum Gasteiger partial charge on any atom is 0.326 e. The van der Waals surface area contributed by atoms with Crippen molar-refractivity contribution in [3.63, 3.8) is 0 Å². The second-order valence-corrected chi connectivity index (χ2v) is 4.24. The van der Waals surface area contributed by atoms with Crippen LogP contribution in [0.3, 0.4) is 0 Å². The third-order valence-corrected chi connectivity index (χ3v) is 3.35. The Kier molecular flexibility index (Phi) is 1.59. The highest BCUT2D eigenvalue weighted by atomic mass is 16.1. The molecule has 0 radical (unpaired) electrons. The molecule has 0 bridgehead atoms. The highest BCUT2D eigenvalue weighted by molar-refractivity contribution is 5.80. The van der Waals surface area contributed by atoms with Gasteiger partial charge in [0.05, 0.1) is 11.0 Å². The van der Waals surface area contributed by atoms with Gasteiger partial charge in [0, 0.05) is 18.5 Å². The van der Waals surface area contributed by atoms with Crippen molar-refractivity contribution in [3.05, 3.63) is 34.2 Å². The van der Waals surface area contributed by atoms with Gasteiger partial charge < -0.3 is 10.7 Å². The number of para-hydroxylation sites is 1. The molecule has 2 unspecified atom stereocenters. The number of aromatic nitrogens is 2. The number of benzene rings is 1. The Morgan fingerprint density at radius 2 is 2.33 bits per heavy atom. The standard InChI is InChI=1S/C11H13N3O/c1-6-7-3-2-4-9-10(7)14(5-8(6)12)11(15)13-9/h2-4,6,8H,5,12H2,1H3,(H,13,15). The molecular weight excluding hydrogens is 190 g/mol. The van der Waals surface area contributed by atoms with Gasteiger partial charge in [-0.05, 0) is 11.6 Å². The Bertz CT molecular complexity index is 581. The Hall–Kier alpha value is -1.55. The van der Waals surface area contributed by atoms with Crippen LogP contribution in [0.5, 0.6) is 0 Å². The highest BCUT2D eigenvalue weighted by Gasteiger charge is 2.26. The fraction of sp³-hybridized carbons (Fsp3) is 0.364. The quantitative estimate of drug-likeness (QED) is 0.664. The lowest BCUT2D eigenvalue weighted by molar-refractivity contribution is 0.467. The molecule has 0 amide bonds. The molecule has 0 spiro atoms. The van der Waals surface area contributed by atoms with E-state index in [4.69, 9.17) is 5.73 Å². The molecule has 1 aliphatic heterocycles. The number of rotatable bonds is 0. The minimum absolute atomic E-state index is 0.0246. The van der Waals surface area contributed by atoms with Crippen molar-refractivity contribution >= 4 is 11.0 Å². The zero-order valence-electron chi connectivity index (χ0n) is 8.53. The molecule has 0 saturated heterocycles. The summed E-state index contributed by atoms with van der Waals surface area (Å²) in [7, 11) is 0. The summed E-state index contributed by atoms with van der Waals surface area (Å²) in [6.45, 7) is 2.72. The Balaban J connectivity index is 2.47. The van der Waals surface area contributed by atoms with Crippen molar-refractivity contribution in [3.8, 4) is 0 Å². The van der Waals surface area contributed by atoms with E-state index in [1.54, 1.807) is 4.57 Å². The number of nitrogens with zero attached hydrogens (tertiary/aromatic N) is 1. The van der Waals surface area contributed by atoms with E-state index in [9.17, 15) is 4.79 Å². The van der Waals surface area contributed by atoms with Crippen molar-refractivity contribution in [2.45, 2.75) is 25.4 Å². The highest BCUT2D eigenvalue weighted by Crippen LogP contribution is 2.30. The summed E-state index contributed by atoms with van der Waals surface area (Å²) < 4.78 is 1.75. The molecule has 4 heteroatoms. The van der Waals surface area contributed by atoms with Gasteiger partial charge in [-0.3, -0.25) is 4.57 Å².